The molecule has 0 amide bonds. The van der Waals surface area contributed by atoms with Crippen LogP contribution in [0.4, 0.5) is 34.1 Å². The highest BCUT2D eigenvalue weighted by Gasteiger charge is 2.21. The summed E-state index contributed by atoms with van der Waals surface area (Å²) in [6.45, 7) is 0. The van der Waals surface area contributed by atoms with Gasteiger partial charge in [-0.1, -0.05) is 182 Å². The third-order valence-corrected chi connectivity index (χ3v) is 21.9. The van der Waals surface area contributed by atoms with E-state index in [-0.39, 0.29) is 0 Å². The second-order valence-electron chi connectivity index (χ2n) is 21.9. The highest BCUT2D eigenvalue weighted by atomic mass is 32.1. The first-order valence-corrected chi connectivity index (χ1v) is 31.7. The Kier molecular flexibility index (Phi) is 10.8. The smallest absolute Gasteiger partial charge is 0.0476 e. The van der Waals surface area contributed by atoms with E-state index in [2.05, 4.69) is 289 Å². The molecular formula is C78H46N2S4. The Balaban J connectivity index is 0.703. The van der Waals surface area contributed by atoms with Crippen LogP contribution in [0.1, 0.15) is 0 Å². The topological polar surface area (TPSA) is 6.48 Å². The van der Waals surface area contributed by atoms with Crippen LogP contribution in [-0.2, 0) is 0 Å². The van der Waals surface area contributed by atoms with Gasteiger partial charge in [0.05, 0.1) is 0 Å². The summed E-state index contributed by atoms with van der Waals surface area (Å²) in [5, 5.41) is 18.1. The Hall–Kier alpha value is -9.66. The van der Waals surface area contributed by atoms with Gasteiger partial charge in [0, 0.05) is 115 Å². The number of rotatable bonds is 8. The van der Waals surface area contributed by atoms with E-state index in [0.29, 0.717) is 0 Å². The predicted molar refractivity (Wildman–Crippen MR) is 371 cm³/mol. The molecule has 392 valence electrons. The summed E-state index contributed by atoms with van der Waals surface area (Å²) in [5.41, 5.74) is 11.7. The third-order valence-electron chi connectivity index (χ3n) is 17.1. The second-order valence-corrected chi connectivity index (χ2v) is 26.2. The normalized spacial score (nSPS) is 12.0. The number of fused-ring (bicyclic) bond motifs is 17. The molecule has 0 N–H and O–H groups in total. The van der Waals surface area contributed by atoms with E-state index in [1.165, 1.54) is 135 Å². The van der Waals surface area contributed by atoms with Crippen molar-refractivity contribution in [2.45, 2.75) is 0 Å². The molecule has 0 aliphatic rings. The molecule has 4 heterocycles. The van der Waals surface area contributed by atoms with Gasteiger partial charge in [0.15, 0.2) is 0 Å². The van der Waals surface area contributed by atoms with Gasteiger partial charge in [0.1, 0.15) is 0 Å². The van der Waals surface area contributed by atoms with Crippen molar-refractivity contribution < 1.29 is 0 Å². The highest BCUT2D eigenvalue weighted by Crippen LogP contribution is 2.49. The maximum atomic E-state index is 2.43. The Morgan fingerprint density at radius 2 is 0.560 bits per heavy atom. The first-order chi connectivity index (χ1) is 41.6. The minimum Gasteiger partial charge on any atom is -0.310 e. The van der Waals surface area contributed by atoms with E-state index in [1.54, 1.807) is 0 Å². The molecule has 0 aliphatic carbocycles. The molecule has 0 bridgehead atoms. The van der Waals surface area contributed by atoms with Gasteiger partial charge >= 0.3 is 0 Å². The molecule has 14 aromatic carbocycles. The summed E-state index contributed by atoms with van der Waals surface area (Å²) in [5.74, 6) is 0. The quantitative estimate of drug-likeness (QED) is 0.150. The van der Waals surface area contributed by atoms with E-state index in [1.807, 2.05) is 45.3 Å². The number of hydrogen-bond acceptors (Lipinski definition) is 6. The lowest BCUT2D eigenvalue weighted by atomic mass is 10.0. The van der Waals surface area contributed by atoms with E-state index in [0.717, 1.165) is 34.1 Å². The minimum atomic E-state index is 1.12. The van der Waals surface area contributed by atoms with Crippen LogP contribution in [0.3, 0.4) is 0 Å². The van der Waals surface area contributed by atoms with Crippen molar-refractivity contribution in [3.05, 3.63) is 279 Å². The molecule has 0 unspecified atom stereocenters. The van der Waals surface area contributed by atoms with Gasteiger partial charge in [0.2, 0.25) is 0 Å². The summed E-state index contributed by atoms with van der Waals surface area (Å²) >= 11 is 7.60. The molecule has 84 heavy (non-hydrogen) atoms. The van der Waals surface area contributed by atoms with Crippen LogP contribution in [-0.4, -0.2) is 0 Å². The lowest BCUT2D eigenvalue weighted by molar-refractivity contribution is 1.29. The van der Waals surface area contributed by atoms with E-state index < -0.39 is 0 Å². The van der Waals surface area contributed by atoms with Crippen molar-refractivity contribution in [3.63, 3.8) is 0 Å². The molecule has 0 spiro atoms. The van der Waals surface area contributed by atoms with Gasteiger partial charge in [-0.25, -0.2) is 0 Å². The van der Waals surface area contributed by atoms with Gasteiger partial charge in [0.25, 0.3) is 0 Å². The average Bonchev–Trinajstić information content (AvgIpc) is 2.88. The molecule has 2 nitrogen and oxygen atoms in total. The van der Waals surface area contributed by atoms with Crippen molar-refractivity contribution in [1.29, 1.82) is 0 Å². The number of hydrogen-bond donors (Lipinski definition) is 0. The van der Waals surface area contributed by atoms with E-state index >= 15 is 0 Å². The van der Waals surface area contributed by atoms with Crippen molar-refractivity contribution in [2.24, 2.45) is 0 Å². The minimum absolute atomic E-state index is 1.12. The summed E-state index contributed by atoms with van der Waals surface area (Å²) < 4.78 is 10.5. The standard InChI is InChI=1S/C78H46N2S4/c1-3-19-53(20-4-1)79(55-23-11-17-49(39-55)61-27-13-29-65-67-35-31-47-15-7-9-25-59(47)75(67)83-77(61)65)57-33-37-63-69-41-51-42-70-64-38-34-58(46-74(64)82-72(70)44-52(51)43-71(69)81-73(63)45-57)80(54-21-5-2-6-22-54)56-24-12-18-50(40-56)62-28-14-30-66-68-36-32-48-16-8-10-26-60(48)76(68)84-78(62)66/h1-46H. The molecule has 4 aromatic heterocycles. The average molecular weight is 1140 g/mol. The Labute approximate surface area is 499 Å². The van der Waals surface area contributed by atoms with Crippen LogP contribution >= 0.6 is 45.3 Å². The zero-order valence-electron chi connectivity index (χ0n) is 45.1. The van der Waals surface area contributed by atoms with Gasteiger partial charge in [-0.15, -0.1) is 45.3 Å². The molecule has 0 saturated heterocycles. The first kappa shape index (κ1) is 47.9. The predicted octanol–water partition coefficient (Wildman–Crippen LogP) is 24.9. The van der Waals surface area contributed by atoms with Gasteiger partial charge < -0.3 is 9.80 Å². The molecule has 0 radical (unpaired) electrons. The maximum absolute atomic E-state index is 2.43. The molecule has 18 rings (SSSR count). The lowest BCUT2D eigenvalue weighted by Crippen LogP contribution is -2.09. The summed E-state index contributed by atoms with van der Waals surface area (Å²) in [7, 11) is 0. The Morgan fingerprint density at radius 1 is 0.190 bits per heavy atom. The van der Waals surface area contributed by atoms with Gasteiger partial charge in [-0.05, 0) is 152 Å². The van der Waals surface area contributed by atoms with E-state index in [9.17, 15) is 0 Å². The molecule has 0 aliphatic heterocycles. The number of nitrogens with zero attached hydrogens (tertiary/aromatic N) is 2. The monoisotopic (exact) mass is 1140 g/mol. The fraction of sp³-hybridized carbons (Fsp3) is 0. The third kappa shape index (κ3) is 7.58. The molecule has 6 heteroatoms. The zero-order chi connectivity index (χ0) is 55.0. The Bertz CT molecular complexity index is 5360. The van der Waals surface area contributed by atoms with Crippen LogP contribution < -0.4 is 9.80 Å². The number of para-hydroxylation sites is 2. The van der Waals surface area contributed by atoms with Gasteiger partial charge in [-0.3, -0.25) is 0 Å². The van der Waals surface area contributed by atoms with Crippen LogP contribution in [0.15, 0.2) is 279 Å². The molecule has 18 aromatic rings. The molecular weight excluding hydrogens is 1090 g/mol. The SMILES string of the molecule is c1ccc(N(c2cccc(-c3cccc4c3sc3c5ccccc5ccc43)c2)c2ccc3c(c2)sc2cc4cc5sc6cc(N(c7ccccc7)c7cccc(-c8cccc9c8sc8c%10ccccc%10ccc98)c7)ccc6c5cc4cc23)cc1. The van der Waals surface area contributed by atoms with Crippen molar-refractivity contribution in [2.75, 3.05) is 9.80 Å². The molecule has 0 saturated carbocycles. The molecule has 0 atom stereocenters. The number of thiophene rings is 4. The summed E-state index contributed by atoms with van der Waals surface area (Å²) in [6, 6.07) is 104. The Morgan fingerprint density at radius 3 is 1.05 bits per heavy atom. The number of anilines is 6. The van der Waals surface area contributed by atoms with Crippen LogP contribution in [0, 0.1) is 0 Å². The van der Waals surface area contributed by atoms with Crippen molar-refractivity contribution >= 4 is 192 Å². The van der Waals surface area contributed by atoms with Gasteiger partial charge in [-0.2, -0.15) is 0 Å². The summed E-state index contributed by atoms with van der Waals surface area (Å²) in [4.78, 5) is 4.83. The van der Waals surface area contributed by atoms with Crippen LogP contribution in [0.5, 0.6) is 0 Å². The largest absolute Gasteiger partial charge is 0.310 e. The second kappa shape index (κ2) is 18.9. The fourth-order valence-electron chi connectivity index (χ4n) is 13.2. The van der Waals surface area contributed by atoms with Crippen molar-refractivity contribution in [3.8, 4) is 22.3 Å². The maximum Gasteiger partial charge on any atom is 0.0476 e. The zero-order valence-corrected chi connectivity index (χ0v) is 48.4. The lowest BCUT2D eigenvalue weighted by Gasteiger charge is -2.26. The summed E-state index contributed by atoms with van der Waals surface area (Å²) in [6.07, 6.45) is 0. The van der Waals surface area contributed by atoms with Crippen molar-refractivity contribution in [1.82, 2.24) is 0 Å². The van der Waals surface area contributed by atoms with Crippen LogP contribution in [0.2, 0.25) is 0 Å². The first-order valence-electron chi connectivity index (χ1n) is 28.4. The number of benzene rings is 14. The fourth-order valence-corrected chi connectivity index (χ4v) is 18.3. The molecule has 0 fully saturated rings. The van der Waals surface area contributed by atoms with Crippen LogP contribution in [0.25, 0.3) is 135 Å². The van der Waals surface area contributed by atoms with E-state index in [4.69, 9.17) is 0 Å². The highest BCUT2D eigenvalue weighted by molar-refractivity contribution is 7.28.